The SMILES string of the molecule is CC(C)(C)OC(=O)Nc1ccc(N=C2NC(=O)C(=Cc3ccc4ncccc4c3)S2)c(Cl)c1. The third kappa shape index (κ3) is 5.91. The fourth-order valence-corrected chi connectivity index (χ4v) is 4.08. The van der Waals surface area contributed by atoms with Gasteiger partial charge in [0.1, 0.15) is 5.60 Å². The Labute approximate surface area is 200 Å². The van der Waals surface area contributed by atoms with Gasteiger partial charge in [0.2, 0.25) is 0 Å². The Kier molecular flexibility index (Phi) is 6.40. The summed E-state index contributed by atoms with van der Waals surface area (Å²) in [6, 6.07) is 14.6. The maximum absolute atomic E-state index is 12.4. The van der Waals surface area contributed by atoms with Gasteiger partial charge < -0.3 is 10.1 Å². The lowest BCUT2D eigenvalue weighted by Crippen LogP contribution is -2.27. The number of ether oxygens (including phenoxy) is 1. The summed E-state index contributed by atoms with van der Waals surface area (Å²) >= 11 is 7.57. The molecule has 1 aliphatic rings. The van der Waals surface area contributed by atoms with Crippen molar-refractivity contribution in [1.29, 1.82) is 0 Å². The number of benzene rings is 2. The number of anilines is 1. The van der Waals surface area contributed by atoms with E-state index in [9.17, 15) is 9.59 Å². The number of hydrogen-bond acceptors (Lipinski definition) is 6. The van der Waals surface area contributed by atoms with Crippen LogP contribution in [0.1, 0.15) is 26.3 Å². The number of nitrogens with one attached hydrogen (secondary N) is 2. The van der Waals surface area contributed by atoms with Gasteiger partial charge in [-0.15, -0.1) is 0 Å². The number of aliphatic imine (C=N–C) groups is 1. The minimum absolute atomic E-state index is 0.232. The molecule has 168 valence electrons. The molecular formula is C24H21ClN4O3S. The van der Waals surface area contributed by atoms with Gasteiger partial charge in [0.25, 0.3) is 5.91 Å². The molecule has 1 aliphatic heterocycles. The quantitative estimate of drug-likeness (QED) is 0.440. The predicted molar refractivity (Wildman–Crippen MR) is 134 cm³/mol. The Morgan fingerprint density at radius 3 is 2.79 bits per heavy atom. The molecule has 2 amide bonds. The van der Waals surface area contributed by atoms with Gasteiger partial charge in [0.15, 0.2) is 5.17 Å². The van der Waals surface area contributed by atoms with Gasteiger partial charge in [-0.3, -0.25) is 15.1 Å². The number of carbonyl (C=O) groups is 2. The summed E-state index contributed by atoms with van der Waals surface area (Å²) in [5.41, 5.74) is 2.13. The van der Waals surface area contributed by atoms with E-state index in [1.54, 1.807) is 45.2 Å². The van der Waals surface area contributed by atoms with Gasteiger partial charge in [0, 0.05) is 17.3 Å². The van der Waals surface area contributed by atoms with E-state index in [1.165, 1.54) is 11.8 Å². The van der Waals surface area contributed by atoms with Gasteiger partial charge in [0.05, 0.1) is 21.1 Å². The number of carbonyl (C=O) groups excluding carboxylic acids is 2. The minimum atomic E-state index is -0.605. The number of hydrogen-bond donors (Lipinski definition) is 2. The molecule has 4 rings (SSSR count). The zero-order chi connectivity index (χ0) is 23.6. The molecule has 2 heterocycles. The molecule has 2 N–H and O–H groups in total. The van der Waals surface area contributed by atoms with Crippen LogP contribution in [0, 0.1) is 0 Å². The van der Waals surface area contributed by atoms with E-state index < -0.39 is 11.7 Å². The second-order valence-electron chi connectivity index (χ2n) is 8.23. The van der Waals surface area contributed by atoms with Gasteiger partial charge in [-0.2, -0.15) is 0 Å². The van der Waals surface area contributed by atoms with Crippen molar-refractivity contribution in [3.63, 3.8) is 0 Å². The topological polar surface area (TPSA) is 92.7 Å². The first-order chi connectivity index (χ1) is 15.7. The van der Waals surface area contributed by atoms with Crippen LogP contribution in [0.5, 0.6) is 0 Å². The lowest BCUT2D eigenvalue weighted by molar-refractivity contribution is -0.115. The standard InChI is InChI=1S/C24H21ClN4O3S/c1-24(2,3)32-23(31)27-16-7-9-19(17(25)13-16)28-22-29-21(30)20(33-22)12-14-6-8-18-15(11-14)5-4-10-26-18/h4-13H,1-3H3,(H,27,31)(H,28,29,30). The number of pyridine rings is 1. The Morgan fingerprint density at radius 2 is 2.03 bits per heavy atom. The van der Waals surface area contributed by atoms with Crippen molar-refractivity contribution >= 4 is 68.9 Å². The van der Waals surface area contributed by atoms with Gasteiger partial charge >= 0.3 is 6.09 Å². The smallest absolute Gasteiger partial charge is 0.412 e. The van der Waals surface area contributed by atoms with E-state index >= 15 is 0 Å². The third-order valence-electron chi connectivity index (χ3n) is 4.39. The molecule has 1 aromatic heterocycles. The summed E-state index contributed by atoms with van der Waals surface area (Å²) in [5, 5.41) is 7.13. The highest BCUT2D eigenvalue weighted by Crippen LogP contribution is 2.33. The number of halogens is 1. The first-order valence-corrected chi connectivity index (χ1v) is 11.3. The number of nitrogens with zero attached hydrogens (tertiary/aromatic N) is 2. The van der Waals surface area contributed by atoms with Crippen LogP contribution in [0.2, 0.25) is 5.02 Å². The molecule has 0 bridgehead atoms. The number of thioether (sulfide) groups is 1. The average Bonchev–Trinajstić information content (AvgIpc) is 3.07. The summed E-state index contributed by atoms with van der Waals surface area (Å²) in [4.78, 5) is 33.6. The molecule has 0 unspecified atom stereocenters. The zero-order valence-electron chi connectivity index (χ0n) is 18.2. The first kappa shape index (κ1) is 22.8. The number of rotatable bonds is 3. The zero-order valence-corrected chi connectivity index (χ0v) is 19.8. The van der Waals surface area contributed by atoms with E-state index in [0.29, 0.717) is 26.5 Å². The molecule has 0 spiro atoms. The number of amidine groups is 1. The number of fused-ring (bicyclic) bond motifs is 1. The summed E-state index contributed by atoms with van der Waals surface area (Å²) in [6.07, 6.45) is 2.98. The van der Waals surface area contributed by atoms with Crippen LogP contribution in [0.3, 0.4) is 0 Å². The molecule has 0 saturated carbocycles. The Balaban J connectivity index is 1.49. The summed E-state index contributed by atoms with van der Waals surface area (Å²) in [5.74, 6) is -0.232. The van der Waals surface area contributed by atoms with E-state index in [0.717, 1.165) is 16.5 Å². The van der Waals surface area contributed by atoms with Crippen LogP contribution in [-0.4, -0.2) is 27.8 Å². The van der Waals surface area contributed by atoms with Crippen molar-refractivity contribution in [1.82, 2.24) is 10.3 Å². The molecule has 7 nitrogen and oxygen atoms in total. The second-order valence-corrected chi connectivity index (χ2v) is 9.67. The third-order valence-corrected chi connectivity index (χ3v) is 5.60. The van der Waals surface area contributed by atoms with Crippen LogP contribution in [-0.2, 0) is 9.53 Å². The fraction of sp³-hybridized carbons (Fsp3) is 0.167. The Bertz CT molecular complexity index is 1310. The number of aromatic nitrogens is 1. The highest BCUT2D eigenvalue weighted by atomic mass is 35.5. The molecule has 1 fully saturated rings. The van der Waals surface area contributed by atoms with E-state index in [-0.39, 0.29) is 5.91 Å². The monoisotopic (exact) mass is 480 g/mol. The average molecular weight is 481 g/mol. The molecule has 3 aromatic rings. The maximum atomic E-state index is 12.4. The minimum Gasteiger partial charge on any atom is -0.444 e. The van der Waals surface area contributed by atoms with Crippen molar-refractivity contribution in [3.05, 3.63) is 70.2 Å². The Hall–Kier alpha value is -3.36. The molecule has 2 aromatic carbocycles. The van der Waals surface area contributed by atoms with E-state index in [1.807, 2.05) is 36.4 Å². The van der Waals surface area contributed by atoms with Crippen molar-refractivity contribution in [2.24, 2.45) is 4.99 Å². The largest absolute Gasteiger partial charge is 0.444 e. The second kappa shape index (κ2) is 9.25. The first-order valence-electron chi connectivity index (χ1n) is 10.1. The summed E-state index contributed by atoms with van der Waals surface area (Å²) in [6.45, 7) is 5.35. The van der Waals surface area contributed by atoms with Crippen LogP contribution in [0.15, 0.2) is 64.6 Å². The van der Waals surface area contributed by atoms with Crippen LogP contribution in [0.25, 0.3) is 17.0 Å². The highest BCUT2D eigenvalue weighted by Gasteiger charge is 2.24. The van der Waals surface area contributed by atoms with Gasteiger partial charge in [-0.25, -0.2) is 9.79 Å². The molecule has 33 heavy (non-hydrogen) atoms. The number of amides is 2. The van der Waals surface area contributed by atoms with Crippen molar-refractivity contribution in [2.75, 3.05) is 5.32 Å². The molecule has 0 radical (unpaired) electrons. The lowest BCUT2D eigenvalue weighted by Gasteiger charge is -2.19. The fourth-order valence-electron chi connectivity index (χ4n) is 3.02. The van der Waals surface area contributed by atoms with Crippen LogP contribution >= 0.6 is 23.4 Å². The molecule has 0 atom stereocenters. The summed E-state index contributed by atoms with van der Waals surface area (Å²) < 4.78 is 5.23. The van der Waals surface area contributed by atoms with Crippen LogP contribution < -0.4 is 10.6 Å². The molecule has 1 saturated heterocycles. The Morgan fingerprint density at radius 1 is 1.21 bits per heavy atom. The van der Waals surface area contributed by atoms with Crippen molar-refractivity contribution < 1.29 is 14.3 Å². The van der Waals surface area contributed by atoms with Crippen molar-refractivity contribution in [2.45, 2.75) is 26.4 Å². The normalized spacial score (nSPS) is 16.3. The predicted octanol–water partition coefficient (Wildman–Crippen LogP) is 6.13. The summed E-state index contributed by atoms with van der Waals surface area (Å²) in [7, 11) is 0. The molecule has 9 heteroatoms. The van der Waals surface area contributed by atoms with E-state index in [4.69, 9.17) is 16.3 Å². The maximum Gasteiger partial charge on any atom is 0.412 e. The van der Waals surface area contributed by atoms with Crippen molar-refractivity contribution in [3.8, 4) is 0 Å². The van der Waals surface area contributed by atoms with Crippen LogP contribution in [0.4, 0.5) is 16.2 Å². The highest BCUT2D eigenvalue weighted by molar-refractivity contribution is 8.18. The molecule has 0 aliphatic carbocycles. The van der Waals surface area contributed by atoms with E-state index in [2.05, 4.69) is 20.6 Å². The van der Waals surface area contributed by atoms with Gasteiger partial charge in [-0.1, -0.05) is 23.7 Å². The molecular weight excluding hydrogens is 460 g/mol. The lowest BCUT2D eigenvalue weighted by atomic mass is 10.1. The van der Waals surface area contributed by atoms with Gasteiger partial charge in [-0.05, 0) is 80.6 Å².